The zero-order chi connectivity index (χ0) is 25.7. The topological polar surface area (TPSA) is 93.1 Å². The third kappa shape index (κ3) is 20.2. The molecule has 0 spiro atoms. The van der Waals surface area contributed by atoms with Crippen LogP contribution in [-0.4, -0.2) is 79.7 Å². The molecule has 0 aromatic heterocycles. The molecule has 0 amide bonds. The van der Waals surface area contributed by atoms with Crippen molar-refractivity contribution < 1.29 is 33.8 Å². The molecule has 2 N–H and O–H groups in total. The lowest BCUT2D eigenvalue weighted by molar-refractivity contribution is -0.887. The van der Waals surface area contributed by atoms with Gasteiger partial charge in [0.1, 0.15) is 12.7 Å². The number of aliphatic hydroxyl groups excluding tert-OH is 1. The Morgan fingerprint density at radius 2 is 1.24 bits per heavy atom. The molecule has 7 nitrogen and oxygen atoms in total. The first-order chi connectivity index (χ1) is 16.2. The largest absolute Gasteiger partial charge is 0.477 e. The van der Waals surface area contributed by atoms with Crippen LogP contribution in [0.25, 0.3) is 0 Å². The minimum Gasteiger partial charge on any atom is -0.477 e. The quantitative estimate of drug-likeness (QED) is 0.108. The average molecular weight is 489 g/mol. The second kappa shape index (κ2) is 21.1. The number of carboxylic acids is 1. The van der Waals surface area contributed by atoms with E-state index < -0.39 is 18.1 Å². The van der Waals surface area contributed by atoms with Crippen molar-refractivity contribution in [2.45, 2.75) is 122 Å². The first-order valence-electron chi connectivity index (χ1n) is 13.6. The van der Waals surface area contributed by atoms with Gasteiger partial charge in [0, 0.05) is 12.8 Å². The van der Waals surface area contributed by atoms with Crippen molar-refractivity contribution in [2.24, 2.45) is 0 Å². The smallest absolute Gasteiger partial charge is 0.362 e. The molecule has 0 aromatic carbocycles. The summed E-state index contributed by atoms with van der Waals surface area (Å²) in [5.74, 6) is -1.15. The van der Waals surface area contributed by atoms with Gasteiger partial charge in [0.2, 0.25) is 0 Å². The Morgan fingerprint density at radius 3 is 1.68 bits per heavy atom. The summed E-state index contributed by atoms with van der Waals surface area (Å²) in [5, 5.41) is 19.2. The zero-order valence-electron chi connectivity index (χ0n) is 22.6. The summed E-state index contributed by atoms with van der Waals surface area (Å²) in [7, 11) is 5.47. The third-order valence-corrected chi connectivity index (χ3v) is 6.24. The molecule has 0 bridgehead atoms. The van der Waals surface area contributed by atoms with Crippen LogP contribution in [0.5, 0.6) is 0 Å². The van der Waals surface area contributed by atoms with Crippen molar-refractivity contribution in [1.29, 1.82) is 0 Å². The fourth-order valence-corrected chi connectivity index (χ4v) is 4.03. The van der Waals surface area contributed by atoms with E-state index in [1.54, 1.807) is 0 Å². The van der Waals surface area contributed by atoms with E-state index in [1.807, 2.05) is 21.1 Å². The van der Waals surface area contributed by atoms with Gasteiger partial charge < -0.3 is 24.2 Å². The SMILES string of the molecule is CCCCCCCCCCCCCCCCC(=O)OCC(O)COCCC(C(=O)O)[N+](C)(C)C. The number of hydrogen-bond acceptors (Lipinski definition) is 5. The minimum absolute atomic E-state index is 0.0234. The van der Waals surface area contributed by atoms with Crippen molar-refractivity contribution in [3.63, 3.8) is 0 Å². The fraction of sp³-hybridized carbons (Fsp3) is 0.926. The monoisotopic (exact) mass is 488 g/mol. The van der Waals surface area contributed by atoms with Gasteiger partial charge >= 0.3 is 11.9 Å². The number of rotatable bonds is 24. The molecule has 202 valence electrons. The molecular formula is C27H54NO6+. The van der Waals surface area contributed by atoms with E-state index in [0.717, 1.165) is 19.3 Å². The number of carbonyl (C=O) groups is 2. The Kier molecular flexibility index (Phi) is 20.4. The minimum atomic E-state index is -0.896. The van der Waals surface area contributed by atoms with Gasteiger partial charge in [0.25, 0.3) is 0 Å². The van der Waals surface area contributed by atoms with Crippen LogP contribution >= 0.6 is 0 Å². The molecule has 0 aliphatic carbocycles. The molecule has 7 heteroatoms. The van der Waals surface area contributed by atoms with Crippen molar-refractivity contribution >= 4 is 11.9 Å². The number of nitrogens with zero attached hydrogens (tertiary/aromatic N) is 1. The predicted molar refractivity (Wildman–Crippen MR) is 137 cm³/mol. The lowest BCUT2D eigenvalue weighted by atomic mass is 10.0. The van der Waals surface area contributed by atoms with Gasteiger partial charge in [-0.1, -0.05) is 90.4 Å². The van der Waals surface area contributed by atoms with Crippen LogP contribution in [-0.2, 0) is 19.1 Å². The second-order valence-corrected chi connectivity index (χ2v) is 10.5. The average Bonchev–Trinajstić information content (AvgIpc) is 2.76. The number of quaternary nitrogens is 1. The molecule has 0 aromatic rings. The third-order valence-electron chi connectivity index (χ3n) is 6.24. The van der Waals surface area contributed by atoms with Crippen molar-refractivity contribution in [1.82, 2.24) is 0 Å². The molecule has 0 aliphatic rings. The van der Waals surface area contributed by atoms with E-state index in [-0.39, 0.29) is 25.8 Å². The molecule has 0 heterocycles. The molecule has 2 unspecified atom stereocenters. The second-order valence-electron chi connectivity index (χ2n) is 10.5. The predicted octanol–water partition coefficient (Wildman–Crippen LogP) is 5.33. The highest BCUT2D eigenvalue weighted by Gasteiger charge is 2.30. The molecule has 0 aliphatic heterocycles. The summed E-state index contributed by atoms with van der Waals surface area (Å²) in [6, 6.07) is -0.569. The van der Waals surface area contributed by atoms with Gasteiger partial charge in [-0.25, -0.2) is 4.79 Å². The van der Waals surface area contributed by atoms with Gasteiger partial charge in [0.15, 0.2) is 6.04 Å². The number of likely N-dealkylation sites (N-methyl/N-ethyl adjacent to an activating group) is 1. The molecule has 0 saturated heterocycles. The van der Waals surface area contributed by atoms with E-state index in [4.69, 9.17) is 9.47 Å². The molecule has 0 rings (SSSR count). The van der Waals surface area contributed by atoms with E-state index in [9.17, 15) is 19.8 Å². The molecule has 0 saturated carbocycles. The van der Waals surface area contributed by atoms with Crippen LogP contribution in [0.1, 0.15) is 110 Å². The van der Waals surface area contributed by atoms with Crippen molar-refractivity contribution in [3.8, 4) is 0 Å². The molecular weight excluding hydrogens is 434 g/mol. The van der Waals surface area contributed by atoms with Crippen LogP contribution in [0.3, 0.4) is 0 Å². The summed E-state index contributed by atoms with van der Waals surface area (Å²) in [6.07, 6.45) is 17.7. The molecule has 0 radical (unpaired) electrons. The number of carbonyl (C=O) groups excluding carboxylic acids is 1. The summed E-state index contributed by atoms with van der Waals surface area (Å²) >= 11 is 0. The van der Waals surface area contributed by atoms with E-state index in [0.29, 0.717) is 17.3 Å². The number of carboxylic acid groups (broad SMARTS) is 1. The number of aliphatic hydroxyl groups is 1. The van der Waals surface area contributed by atoms with E-state index in [2.05, 4.69) is 6.92 Å². The molecule has 0 fully saturated rings. The molecule has 2 atom stereocenters. The summed E-state index contributed by atoms with van der Waals surface area (Å²) in [4.78, 5) is 23.1. The van der Waals surface area contributed by atoms with Crippen LogP contribution < -0.4 is 0 Å². The Hall–Kier alpha value is -1.18. The van der Waals surface area contributed by atoms with E-state index >= 15 is 0 Å². The number of esters is 1. The first kappa shape index (κ1) is 32.8. The maximum Gasteiger partial charge on any atom is 0.362 e. The first-order valence-corrected chi connectivity index (χ1v) is 13.6. The lowest BCUT2D eigenvalue weighted by Gasteiger charge is -2.31. The zero-order valence-corrected chi connectivity index (χ0v) is 22.6. The van der Waals surface area contributed by atoms with Crippen LogP contribution in [0.15, 0.2) is 0 Å². The summed E-state index contributed by atoms with van der Waals surface area (Å²) in [6.45, 7) is 2.42. The van der Waals surface area contributed by atoms with Gasteiger partial charge in [-0.05, 0) is 6.42 Å². The van der Waals surface area contributed by atoms with Crippen LogP contribution in [0, 0.1) is 0 Å². The summed E-state index contributed by atoms with van der Waals surface area (Å²) < 4.78 is 10.8. The van der Waals surface area contributed by atoms with E-state index in [1.165, 1.54) is 70.6 Å². The normalized spacial score (nSPS) is 13.6. The van der Waals surface area contributed by atoms with Gasteiger partial charge in [-0.2, -0.15) is 0 Å². The number of hydrogen-bond donors (Lipinski definition) is 2. The van der Waals surface area contributed by atoms with Crippen LogP contribution in [0.4, 0.5) is 0 Å². The summed E-state index contributed by atoms with van der Waals surface area (Å²) in [5.41, 5.74) is 0. The Morgan fingerprint density at radius 1 is 0.765 bits per heavy atom. The number of aliphatic carboxylic acids is 1. The number of ether oxygens (including phenoxy) is 2. The van der Waals surface area contributed by atoms with Crippen LogP contribution in [0.2, 0.25) is 0 Å². The standard InChI is InChI=1S/C27H53NO6/c1-5-6-7-8-9-10-11-12-13-14-15-16-17-18-19-26(30)34-23-24(29)22-33-21-20-25(27(31)32)28(2,3)4/h24-25,29H,5-23H2,1-4H3/p+1. The maximum atomic E-state index is 11.8. The van der Waals surface area contributed by atoms with Crippen molar-refractivity contribution in [3.05, 3.63) is 0 Å². The van der Waals surface area contributed by atoms with Gasteiger partial charge in [0.05, 0.1) is 34.4 Å². The molecule has 34 heavy (non-hydrogen) atoms. The Labute approximate surface area is 208 Å². The highest BCUT2D eigenvalue weighted by Crippen LogP contribution is 2.13. The Bertz CT molecular complexity index is 506. The number of unbranched alkanes of at least 4 members (excludes halogenated alkanes) is 13. The Balaban J connectivity index is 3.52. The maximum absolute atomic E-state index is 11.8. The van der Waals surface area contributed by atoms with Crippen molar-refractivity contribution in [2.75, 3.05) is 41.0 Å². The highest BCUT2D eigenvalue weighted by molar-refractivity contribution is 5.72. The van der Waals surface area contributed by atoms with Gasteiger partial charge in [-0.3, -0.25) is 4.79 Å². The van der Waals surface area contributed by atoms with Gasteiger partial charge in [-0.15, -0.1) is 0 Å². The highest BCUT2D eigenvalue weighted by atomic mass is 16.5. The lowest BCUT2D eigenvalue weighted by Crippen LogP contribution is -2.50. The fourth-order valence-electron chi connectivity index (χ4n) is 4.03.